The third kappa shape index (κ3) is 3.37. The molecule has 1 aromatic heterocycles. The average Bonchev–Trinajstić information content (AvgIpc) is 3.20. The first-order chi connectivity index (χ1) is 9.72. The number of nitrogens with one attached hydrogen (secondary N) is 1. The molecule has 1 aromatic carbocycles. The maximum atomic E-state index is 12.1. The first-order valence-corrected chi connectivity index (χ1v) is 8.28. The highest BCUT2D eigenvalue weighted by molar-refractivity contribution is 8.00. The minimum Gasteiger partial charge on any atom is -0.300 e. The quantitative estimate of drug-likeness (QED) is 0.859. The molecule has 6 heteroatoms. The number of carbonyl (C=O) groups excluding carboxylic acids is 1. The Hall–Kier alpha value is -1.40. The van der Waals surface area contributed by atoms with Gasteiger partial charge in [-0.15, -0.1) is 22.0 Å². The first-order valence-electron chi connectivity index (χ1n) is 6.58. The van der Waals surface area contributed by atoms with E-state index in [4.69, 9.17) is 0 Å². The van der Waals surface area contributed by atoms with Crippen LogP contribution in [0.15, 0.2) is 35.2 Å². The van der Waals surface area contributed by atoms with Crippen LogP contribution >= 0.6 is 23.1 Å². The Morgan fingerprint density at radius 2 is 2.10 bits per heavy atom. The molecule has 1 aliphatic carbocycles. The molecule has 1 heterocycles. The SMILES string of the molecule is CC(Sc1ccccc1)C(=O)Nc1nnc(C2CC2)s1. The Labute approximate surface area is 126 Å². The zero-order valence-electron chi connectivity index (χ0n) is 11.1. The fourth-order valence-corrected chi connectivity index (χ4v) is 3.55. The molecule has 0 saturated heterocycles. The zero-order valence-corrected chi connectivity index (χ0v) is 12.7. The molecule has 1 amide bonds. The first kappa shape index (κ1) is 13.6. The van der Waals surface area contributed by atoms with Crippen LogP contribution in [-0.2, 0) is 4.79 Å². The van der Waals surface area contributed by atoms with Crippen LogP contribution in [0.25, 0.3) is 0 Å². The molecule has 0 spiro atoms. The van der Waals surface area contributed by atoms with E-state index in [1.807, 2.05) is 37.3 Å². The van der Waals surface area contributed by atoms with Gasteiger partial charge in [-0.05, 0) is 31.9 Å². The van der Waals surface area contributed by atoms with Gasteiger partial charge < -0.3 is 0 Å². The van der Waals surface area contributed by atoms with Gasteiger partial charge in [-0.25, -0.2) is 0 Å². The number of anilines is 1. The standard InChI is InChI=1S/C14H15N3OS2/c1-9(19-11-5-3-2-4-6-11)12(18)15-14-17-16-13(20-14)10-7-8-10/h2-6,9-10H,7-8H2,1H3,(H,15,17,18). The fraction of sp³-hybridized carbons (Fsp3) is 0.357. The molecule has 0 radical (unpaired) electrons. The monoisotopic (exact) mass is 305 g/mol. The molecule has 104 valence electrons. The highest BCUT2D eigenvalue weighted by atomic mass is 32.2. The van der Waals surface area contributed by atoms with Crippen LogP contribution in [0.3, 0.4) is 0 Å². The topological polar surface area (TPSA) is 54.9 Å². The summed E-state index contributed by atoms with van der Waals surface area (Å²) in [6, 6.07) is 9.92. The summed E-state index contributed by atoms with van der Waals surface area (Å²) in [7, 11) is 0. The maximum absolute atomic E-state index is 12.1. The molecule has 1 N–H and O–H groups in total. The molecular weight excluding hydrogens is 290 g/mol. The van der Waals surface area contributed by atoms with Crippen molar-refractivity contribution in [3.8, 4) is 0 Å². The summed E-state index contributed by atoms with van der Waals surface area (Å²) < 4.78 is 0. The van der Waals surface area contributed by atoms with Crippen molar-refractivity contribution in [1.29, 1.82) is 0 Å². The second-order valence-corrected chi connectivity index (χ2v) is 7.21. The van der Waals surface area contributed by atoms with Gasteiger partial charge in [-0.3, -0.25) is 10.1 Å². The van der Waals surface area contributed by atoms with Crippen molar-refractivity contribution in [1.82, 2.24) is 10.2 Å². The summed E-state index contributed by atoms with van der Waals surface area (Å²) >= 11 is 3.03. The summed E-state index contributed by atoms with van der Waals surface area (Å²) in [5.41, 5.74) is 0. The van der Waals surface area contributed by atoms with Gasteiger partial charge in [0.15, 0.2) is 0 Å². The Balaban J connectivity index is 1.57. The van der Waals surface area contributed by atoms with Crippen LogP contribution in [0.2, 0.25) is 0 Å². The molecule has 1 fully saturated rings. The van der Waals surface area contributed by atoms with Gasteiger partial charge in [0, 0.05) is 10.8 Å². The van der Waals surface area contributed by atoms with Crippen LogP contribution in [-0.4, -0.2) is 21.4 Å². The summed E-state index contributed by atoms with van der Waals surface area (Å²) in [6.45, 7) is 1.90. The van der Waals surface area contributed by atoms with Gasteiger partial charge in [-0.2, -0.15) is 0 Å². The molecule has 1 atom stereocenters. The summed E-state index contributed by atoms with van der Waals surface area (Å²) in [5.74, 6) is 0.548. The van der Waals surface area contributed by atoms with E-state index in [0.29, 0.717) is 11.0 Å². The second-order valence-electron chi connectivity index (χ2n) is 4.78. The highest BCUT2D eigenvalue weighted by Crippen LogP contribution is 2.42. The van der Waals surface area contributed by atoms with Gasteiger partial charge in [0.1, 0.15) is 5.01 Å². The molecule has 20 heavy (non-hydrogen) atoms. The molecule has 1 aliphatic rings. The van der Waals surface area contributed by atoms with E-state index >= 15 is 0 Å². The third-order valence-corrected chi connectivity index (χ3v) is 5.14. The Kier molecular flexibility index (Phi) is 4.03. The van der Waals surface area contributed by atoms with Gasteiger partial charge in [0.2, 0.25) is 11.0 Å². The van der Waals surface area contributed by atoms with Gasteiger partial charge in [0.05, 0.1) is 5.25 Å². The predicted molar refractivity (Wildman–Crippen MR) is 82.3 cm³/mol. The number of rotatable bonds is 5. The van der Waals surface area contributed by atoms with Crippen molar-refractivity contribution in [3.05, 3.63) is 35.3 Å². The van der Waals surface area contributed by atoms with Crippen LogP contribution in [0, 0.1) is 0 Å². The predicted octanol–water partition coefficient (Wildman–Crippen LogP) is 3.53. The van der Waals surface area contributed by atoms with Crippen LogP contribution in [0.4, 0.5) is 5.13 Å². The van der Waals surface area contributed by atoms with Gasteiger partial charge in [-0.1, -0.05) is 29.5 Å². The number of hydrogen-bond acceptors (Lipinski definition) is 5. The Morgan fingerprint density at radius 1 is 1.35 bits per heavy atom. The Morgan fingerprint density at radius 3 is 2.80 bits per heavy atom. The molecule has 2 aromatic rings. The van der Waals surface area contributed by atoms with E-state index in [1.54, 1.807) is 11.8 Å². The van der Waals surface area contributed by atoms with E-state index in [1.165, 1.54) is 24.2 Å². The number of benzene rings is 1. The number of amides is 1. The van der Waals surface area contributed by atoms with Crippen LogP contribution in [0.5, 0.6) is 0 Å². The molecular formula is C14H15N3OS2. The third-order valence-electron chi connectivity index (χ3n) is 3.02. The van der Waals surface area contributed by atoms with E-state index < -0.39 is 0 Å². The van der Waals surface area contributed by atoms with Gasteiger partial charge >= 0.3 is 0 Å². The summed E-state index contributed by atoms with van der Waals surface area (Å²) in [4.78, 5) is 13.2. The largest absolute Gasteiger partial charge is 0.300 e. The van der Waals surface area contributed by atoms with E-state index in [-0.39, 0.29) is 11.2 Å². The van der Waals surface area contributed by atoms with Crippen LogP contribution < -0.4 is 5.32 Å². The molecule has 1 unspecified atom stereocenters. The number of nitrogens with zero attached hydrogens (tertiary/aromatic N) is 2. The normalized spacial score (nSPS) is 15.8. The smallest absolute Gasteiger partial charge is 0.239 e. The van der Waals surface area contributed by atoms with Crippen molar-refractivity contribution in [2.75, 3.05) is 5.32 Å². The number of carbonyl (C=O) groups is 1. The van der Waals surface area contributed by atoms with Crippen molar-refractivity contribution >= 4 is 34.1 Å². The van der Waals surface area contributed by atoms with Crippen molar-refractivity contribution in [2.24, 2.45) is 0 Å². The van der Waals surface area contributed by atoms with Crippen LogP contribution in [0.1, 0.15) is 30.7 Å². The summed E-state index contributed by atoms with van der Waals surface area (Å²) in [5, 5.41) is 12.5. The van der Waals surface area contributed by atoms with E-state index in [9.17, 15) is 4.79 Å². The molecule has 3 rings (SSSR count). The Bertz CT molecular complexity index is 595. The van der Waals surface area contributed by atoms with Crippen molar-refractivity contribution in [3.63, 3.8) is 0 Å². The summed E-state index contributed by atoms with van der Waals surface area (Å²) in [6.07, 6.45) is 2.39. The average molecular weight is 305 g/mol. The lowest BCUT2D eigenvalue weighted by Crippen LogP contribution is -2.22. The van der Waals surface area contributed by atoms with E-state index in [0.717, 1.165) is 9.90 Å². The minimum absolute atomic E-state index is 0.0302. The van der Waals surface area contributed by atoms with Crippen molar-refractivity contribution in [2.45, 2.75) is 35.8 Å². The number of thioether (sulfide) groups is 1. The molecule has 4 nitrogen and oxygen atoms in total. The van der Waals surface area contributed by atoms with Crippen molar-refractivity contribution < 1.29 is 4.79 Å². The molecule has 1 saturated carbocycles. The number of hydrogen-bond donors (Lipinski definition) is 1. The minimum atomic E-state index is -0.161. The lowest BCUT2D eigenvalue weighted by Gasteiger charge is -2.09. The van der Waals surface area contributed by atoms with Gasteiger partial charge in [0.25, 0.3) is 0 Å². The molecule has 0 bridgehead atoms. The molecule has 0 aliphatic heterocycles. The lowest BCUT2D eigenvalue weighted by molar-refractivity contribution is -0.115. The van der Waals surface area contributed by atoms with E-state index in [2.05, 4.69) is 15.5 Å². The lowest BCUT2D eigenvalue weighted by atomic mass is 10.4. The highest BCUT2D eigenvalue weighted by Gasteiger charge is 2.28. The second kappa shape index (κ2) is 5.93. The number of aromatic nitrogens is 2. The fourth-order valence-electron chi connectivity index (χ4n) is 1.74. The zero-order chi connectivity index (χ0) is 13.9. The maximum Gasteiger partial charge on any atom is 0.239 e.